The van der Waals surface area contributed by atoms with Crippen LogP contribution in [0.2, 0.25) is 0 Å². The Balaban J connectivity index is 2.24. The molecule has 0 saturated carbocycles. The number of amides is 1. The van der Waals surface area contributed by atoms with Gasteiger partial charge in [-0.15, -0.1) is 6.42 Å². The van der Waals surface area contributed by atoms with Gasteiger partial charge in [-0.3, -0.25) is 4.79 Å². The highest BCUT2D eigenvalue weighted by atomic mass is 16.5. The van der Waals surface area contributed by atoms with E-state index in [2.05, 4.69) is 23.2 Å². The Morgan fingerprint density at radius 2 is 1.71 bits per heavy atom. The number of carbonyl (C=O) groups excluding carboxylic acids is 2. The molecule has 0 aliphatic rings. The first-order valence-corrected chi connectivity index (χ1v) is 10.1. The van der Waals surface area contributed by atoms with Gasteiger partial charge in [0.1, 0.15) is 6.04 Å². The third-order valence-corrected chi connectivity index (χ3v) is 4.36. The van der Waals surface area contributed by atoms with Gasteiger partial charge in [0, 0.05) is 5.56 Å². The van der Waals surface area contributed by atoms with E-state index in [1.165, 1.54) is 44.7 Å². The summed E-state index contributed by atoms with van der Waals surface area (Å²) in [6.07, 6.45) is 16.0. The number of hydrogen-bond donors (Lipinski definition) is 1. The van der Waals surface area contributed by atoms with Crippen molar-refractivity contribution in [2.45, 2.75) is 71.3 Å². The topological polar surface area (TPSA) is 67.8 Å². The summed E-state index contributed by atoms with van der Waals surface area (Å²) < 4.78 is 5.26. The van der Waals surface area contributed by atoms with Gasteiger partial charge in [-0.05, 0) is 37.6 Å². The van der Waals surface area contributed by atoms with Gasteiger partial charge in [0.2, 0.25) is 0 Å². The Labute approximate surface area is 169 Å². The number of terminal acetylenes is 1. The fourth-order valence-electron chi connectivity index (χ4n) is 2.68. The number of nitrogens with zero attached hydrogens (tertiary/aromatic N) is 1. The predicted octanol–water partition coefficient (Wildman–Crippen LogP) is 4.82. The van der Waals surface area contributed by atoms with E-state index in [4.69, 9.17) is 11.2 Å². The van der Waals surface area contributed by atoms with Crippen LogP contribution in [0.4, 0.5) is 5.69 Å². The molecule has 28 heavy (non-hydrogen) atoms. The number of nitrogens with one attached hydrogen (secondary N) is 1. The first-order chi connectivity index (χ1) is 13.6. The molecule has 5 nitrogen and oxygen atoms in total. The number of unbranched alkanes of at least 4 members (excludes halogenated alkanes) is 7. The van der Waals surface area contributed by atoms with Crippen LogP contribution in [-0.4, -0.2) is 30.7 Å². The maximum Gasteiger partial charge on any atom is 0.328 e. The van der Waals surface area contributed by atoms with Crippen molar-refractivity contribution < 1.29 is 14.3 Å². The lowest BCUT2D eigenvalue weighted by molar-refractivity contribution is -0.145. The molecular weight excluding hydrogens is 352 g/mol. The molecule has 1 N–H and O–H groups in total. The molecule has 0 spiro atoms. The van der Waals surface area contributed by atoms with Crippen LogP contribution in [-0.2, 0) is 9.53 Å². The largest absolute Gasteiger partial charge is 0.464 e. The number of benzene rings is 1. The lowest BCUT2D eigenvalue weighted by Crippen LogP contribution is -2.39. The van der Waals surface area contributed by atoms with E-state index in [1.54, 1.807) is 31.2 Å². The van der Waals surface area contributed by atoms with Crippen molar-refractivity contribution in [3.63, 3.8) is 0 Å². The summed E-state index contributed by atoms with van der Waals surface area (Å²) in [6, 6.07) is 5.96. The molecule has 1 rings (SSSR count). The van der Waals surface area contributed by atoms with Gasteiger partial charge in [-0.1, -0.05) is 57.8 Å². The summed E-state index contributed by atoms with van der Waals surface area (Å²) in [7, 11) is 0. The Bertz CT molecular complexity index is 659. The zero-order chi connectivity index (χ0) is 20.6. The SMILES string of the molecule is C#CC=Nc1ccc(C(=O)N[C@@H](C)C(=O)OCCCCCCCCCC)cc1. The predicted molar refractivity (Wildman–Crippen MR) is 114 cm³/mol. The van der Waals surface area contributed by atoms with Gasteiger partial charge in [0.05, 0.1) is 18.5 Å². The first-order valence-electron chi connectivity index (χ1n) is 10.1. The Hall–Kier alpha value is -2.61. The Kier molecular flexibility index (Phi) is 12.1. The lowest BCUT2D eigenvalue weighted by Gasteiger charge is -2.13. The third kappa shape index (κ3) is 9.91. The van der Waals surface area contributed by atoms with Crippen molar-refractivity contribution in [1.82, 2.24) is 5.32 Å². The maximum absolute atomic E-state index is 12.2. The van der Waals surface area contributed by atoms with Gasteiger partial charge in [0.15, 0.2) is 0 Å². The van der Waals surface area contributed by atoms with Crippen molar-refractivity contribution in [1.29, 1.82) is 0 Å². The van der Waals surface area contributed by atoms with Crippen molar-refractivity contribution >= 4 is 23.8 Å². The minimum atomic E-state index is -0.694. The standard InChI is InChI=1S/C23H32N2O3/c1-4-6-7-8-9-10-11-12-18-28-23(27)19(3)25-22(26)20-13-15-21(16-14-20)24-17-5-2/h2,13-17,19H,4,6-12,18H2,1,3H3,(H,25,26)/t19-/m0/s1. The van der Waals surface area contributed by atoms with Gasteiger partial charge >= 0.3 is 5.97 Å². The molecule has 0 radical (unpaired) electrons. The molecule has 0 aromatic heterocycles. The third-order valence-electron chi connectivity index (χ3n) is 4.36. The van der Waals surface area contributed by atoms with Gasteiger partial charge in [-0.25, -0.2) is 9.79 Å². The summed E-state index contributed by atoms with van der Waals surface area (Å²) in [5.74, 6) is 1.57. The average Bonchev–Trinajstić information content (AvgIpc) is 2.71. The number of hydrogen-bond acceptors (Lipinski definition) is 4. The fraction of sp³-hybridized carbons (Fsp3) is 0.522. The lowest BCUT2D eigenvalue weighted by atomic mass is 10.1. The van der Waals surface area contributed by atoms with Crippen LogP contribution in [0.5, 0.6) is 0 Å². The molecule has 5 heteroatoms. The zero-order valence-corrected chi connectivity index (χ0v) is 17.1. The Morgan fingerprint density at radius 1 is 1.11 bits per heavy atom. The van der Waals surface area contributed by atoms with E-state index in [0.29, 0.717) is 17.9 Å². The molecule has 0 fully saturated rings. The minimum Gasteiger partial charge on any atom is -0.464 e. The minimum absolute atomic E-state index is 0.330. The fourth-order valence-corrected chi connectivity index (χ4v) is 2.68. The molecule has 0 aliphatic carbocycles. The second-order valence-corrected chi connectivity index (χ2v) is 6.81. The number of ether oxygens (including phenoxy) is 1. The highest BCUT2D eigenvalue weighted by molar-refractivity contribution is 5.97. The highest BCUT2D eigenvalue weighted by Gasteiger charge is 2.17. The van der Waals surface area contributed by atoms with Crippen LogP contribution in [0.1, 0.15) is 75.6 Å². The molecule has 1 atom stereocenters. The number of rotatable bonds is 13. The van der Waals surface area contributed by atoms with Crippen molar-refractivity contribution in [3.8, 4) is 12.3 Å². The van der Waals surface area contributed by atoms with Crippen LogP contribution in [0.3, 0.4) is 0 Å². The molecule has 0 saturated heterocycles. The second-order valence-electron chi connectivity index (χ2n) is 6.81. The number of esters is 1. The summed E-state index contributed by atoms with van der Waals surface area (Å²) in [5, 5.41) is 2.66. The molecule has 0 heterocycles. The van der Waals surface area contributed by atoms with Crippen LogP contribution >= 0.6 is 0 Å². The molecule has 152 valence electrons. The molecule has 0 unspecified atom stereocenters. The van der Waals surface area contributed by atoms with E-state index in [-0.39, 0.29) is 5.91 Å². The molecule has 1 aromatic carbocycles. The summed E-state index contributed by atoms with van der Waals surface area (Å²) in [5.41, 5.74) is 1.11. The van der Waals surface area contributed by atoms with Crippen molar-refractivity contribution in [2.24, 2.45) is 4.99 Å². The molecule has 1 aromatic rings. The van der Waals surface area contributed by atoms with Gasteiger partial charge < -0.3 is 10.1 Å². The summed E-state index contributed by atoms with van der Waals surface area (Å²) in [4.78, 5) is 28.3. The van der Waals surface area contributed by atoms with Crippen LogP contribution in [0.15, 0.2) is 29.3 Å². The summed E-state index contributed by atoms with van der Waals surface area (Å²) >= 11 is 0. The van der Waals surface area contributed by atoms with Crippen LogP contribution in [0.25, 0.3) is 0 Å². The van der Waals surface area contributed by atoms with Crippen LogP contribution in [0, 0.1) is 12.3 Å². The smallest absolute Gasteiger partial charge is 0.328 e. The molecule has 0 bridgehead atoms. The van der Waals surface area contributed by atoms with E-state index in [9.17, 15) is 9.59 Å². The summed E-state index contributed by atoms with van der Waals surface area (Å²) in [6.45, 7) is 4.24. The van der Waals surface area contributed by atoms with E-state index < -0.39 is 12.0 Å². The van der Waals surface area contributed by atoms with Crippen molar-refractivity contribution in [3.05, 3.63) is 29.8 Å². The quantitative estimate of drug-likeness (QED) is 0.229. The zero-order valence-electron chi connectivity index (χ0n) is 17.1. The van der Waals surface area contributed by atoms with Crippen molar-refractivity contribution in [2.75, 3.05) is 6.61 Å². The highest BCUT2D eigenvalue weighted by Crippen LogP contribution is 2.12. The molecular formula is C23H32N2O3. The van der Waals surface area contributed by atoms with E-state index in [1.807, 2.05) is 0 Å². The maximum atomic E-state index is 12.2. The van der Waals surface area contributed by atoms with E-state index in [0.717, 1.165) is 12.8 Å². The van der Waals surface area contributed by atoms with Gasteiger partial charge in [-0.2, -0.15) is 0 Å². The number of aliphatic imine (C=N–C) groups is 1. The Morgan fingerprint density at radius 3 is 2.32 bits per heavy atom. The normalized spacial score (nSPS) is 11.8. The first kappa shape index (κ1) is 23.4. The monoisotopic (exact) mass is 384 g/mol. The average molecular weight is 385 g/mol. The van der Waals surface area contributed by atoms with E-state index >= 15 is 0 Å². The second kappa shape index (κ2) is 14.4. The van der Waals surface area contributed by atoms with Gasteiger partial charge in [0.25, 0.3) is 5.91 Å². The number of carbonyl (C=O) groups is 2. The molecule has 0 aliphatic heterocycles. The molecule has 1 amide bonds. The van der Waals surface area contributed by atoms with Crippen LogP contribution < -0.4 is 5.32 Å².